The van der Waals surface area contributed by atoms with Gasteiger partial charge in [-0.3, -0.25) is 4.79 Å². The van der Waals surface area contributed by atoms with E-state index in [0.717, 1.165) is 6.08 Å². The predicted molar refractivity (Wildman–Crippen MR) is 50.9 cm³/mol. The third kappa shape index (κ3) is 4.97. The van der Waals surface area contributed by atoms with E-state index in [4.69, 9.17) is 0 Å². The van der Waals surface area contributed by atoms with Gasteiger partial charge in [0.05, 0.1) is 11.7 Å². The van der Waals surface area contributed by atoms with Crippen LogP contribution in [-0.4, -0.2) is 17.0 Å². The molecule has 5 nitrogen and oxygen atoms in total. The summed E-state index contributed by atoms with van der Waals surface area (Å²) in [4.78, 5) is 21.1. The number of phenols is 1. The molecule has 0 unspecified atom stereocenters. The number of anilines is 1. The van der Waals surface area contributed by atoms with Crippen molar-refractivity contribution in [2.24, 2.45) is 0 Å². The van der Waals surface area contributed by atoms with E-state index in [0.29, 0.717) is 6.08 Å². The number of carbonyl (C=O) groups is 2. The summed E-state index contributed by atoms with van der Waals surface area (Å²) in [6.07, 6.45) is 1.41. The van der Waals surface area contributed by atoms with E-state index in [-0.39, 0.29) is 41.0 Å². The van der Waals surface area contributed by atoms with Gasteiger partial charge in [0.25, 0.3) is 0 Å². The summed E-state index contributed by atoms with van der Waals surface area (Å²) in [5.74, 6) is -2.20. The van der Waals surface area contributed by atoms with E-state index in [1.165, 1.54) is 12.1 Å². The summed E-state index contributed by atoms with van der Waals surface area (Å²) in [6.45, 7) is 0. The van der Waals surface area contributed by atoms with Crippen LogP contribution in [0.1, 0.15) is 0 Å². The van der Waals surface area contributed by atoms with Gasteiger partial charge in [-0.1, -0.05) is 12.1 Å². The van der Waals surface area contributed by atoms with Gasteiger partial charge in [-0.2, -0.15) is 0 Å². The Hall–Kier alpha value is -1.30. The number of amides is 1. The molecule has 0 aromatic heterocycles. The molecule has 1 amide bonds. The molecule has 1 rings (SSSR count). The van der Waals surface area contributed by atoms with Gasteiger partial charge in [0, 0.05) is 6.08 Å². The van der Waals surface area contributed by atoms with Gasteiger partial charge in [0.15, 0.2) is 0 Å². The Morgan fingerprint density at radius 3 is 2.44 bits per heavy atom. The molecule has 1 aromatic rings. The van der Waals surface area contributed by atoms with Crippen molar-refractivity contribution in [1.29, 1.82) is 0 Å². The molecule has 0 atom stereocenters. The molecule has 0 saturated heterocycles. The molecule has 0 spiro atoms. The zero-order chi connectivity index (χ0) is 11.3. The van der Waals surface area contributed by atoms with Gasteiger partial charge >= 0.3 is 29.6 Å². The van der Waals surface area contributed by atoms with Crippen LogP contribution in [0.25, 0.3) is 0 Å². The number of hydrogen-bond donors (Lipinski definition) is 2. The molecule has 0 aliphatic heterocycles. The smallest absolute Gasteiger partial charge is 0.545 e. The minimum absolute atomic E-state index is 0. The van der Waals surface area contributed by atoms with Crippen LogP contribution in [0.5, 0.6) is 5.75 Å². The fourth-order valence-electron chi connectivity index (χ4n) is 0.897. The monoisotopic (exact) mass is 229 g/mol. The normalized spacial score (nSPS) is 9.50. The van der Waals surface area contributed by atoms with Gasteiger partial charge in [-0.05, 0) is 18.2 Å². The van der Waals surface area contributed by atoms with Crippen LogP contribution < -0.4 is 40.0 Å². The number of aliphatic carboxylic acids is 1. The summed E-state index contributed by atoms with van der Waals surface area (Å²) >= 11 is 0. The van der Waals surface area contributed by atoms with Crippen LogP contribution in [0.15, 0.2) is 36.4 Å². The fraction of sp³-hybridized carbons (Fsp3) is 0. The summed E-state index contributed by atoms with van der Waals surface area (Å²) < 4.78 is 0. The van der Waals surface area contributed by atoms with Gasteiger partial charge in [-0.25, -0.2) is 0 Å². The average molecular weight is 229 g/mol. The van der Waals surface area contributed by atoms with E-state index in [1.807, 2.05) is 0 Å². The molecular weight excluding hydrogens is 221 g/mol. The van der Waals surface area contributed by atoms with Gasteiger partial charge in [0.2, 0.25) is 5.91 Å². The molecule has 1 aromatic carbocycles. The Labute approximate surface area is 114 Å². The Kier molecular flexibility index (Phi) is 6.48. The first-order chi connectivity index (χ1) is 7.09. The molecule has 16 heavy (non-hydrogen) atoms. The first kappa shape index (κ1) is 14.7. The molecule has 2 N–H and O–H groups in total. The largest absolute Gasteiger partial charge is 1.00 e. The quantitative estimate of drug-likeness (QED) is 0.322. The minimum atomic E-state index is -1.46. The molecule has 78 valence electrons. The van der Waals surface area contributed by atoms with Crippen molar-refractivity contribution in [3.8, 4) is 5.75 Å². The summed E-state index contributed by atoms with van der Waals surface area (Å²) in [6, 6.07) is 6.11. The maximum absolute atomic E-state index is 11.1. The third-order valence-electron chi connectivity index (χ3n) is 1.53. The van der Waals surface area contributed by atoms with Crippen molar-refractivity contribution in [2.45, 2.75) is 0 Å². The van der Waals surface area contributed by atoms with Crippen molar-refractivity contribution < 1.29 is 49.4 Å². The second kappa shape index (κ2) is 7.05. The Bertz CT molecular complexity index is 417. The average Bonchev–Trinajstić information content (AvgIpc) is 2.18. The van der Waals surface area contributed by atoms with Gasteiger partial charge in [-0.15, -0.1) is 0 Å². The van der Waals surface area contributed by atoms with E-state index in [9.17, 15) is 19.8 Å². The predicted octanol–water partition coefficient (Wildman–Crippen LogP) is -3.36. The van der Waals surface area contributed by atoms with Gasteiger partial charge < -0.3 is 20.3 Å². The van der Waals surface area contributed by atoms with Crippen molar-refractivity contribution in [3.63, 3.8) is 0 Å². The number of benzene rings is 1. The number of phenolic OH excluding ortho intramolecular Hbond substituents is 1. The van der Waals surface area contributed by atoms with Crippen molar-refractivity contribution >= 4 is 17.6 Å². The molecule has 0 fully saturated rings. The molecule has 0 saturated carbocycles. The van der Waals surface area contributed by atoms with E-state index in [1.54, 1.807) is 12.1 Å². The number of aromatic hydroxyl groups is 1. The second-order valence-electron chi connectivity index (χ2n) is 2.66. The van der Waals surface area contributed by atoms with Gasteiger partial charge in [0.1, 0.15) is 5.75 Å². The minimum Gasteiger partial charge on any atom is -0.545 e. The van der Waals surface area contributed by atoms with Crippen molar-refractivity contribution in [3.05, 3.63) is 36.4 Å². The van der Waals surface area contributed by atoms with E-state index in [2.05, 4.69) is 5.32 Å². The van der Waals surface area contributed by atoms with Crippen LogP contribution in [0, 0.1) is 0 Å². The summed E-state index contributed by atoms with van der Waals surface area (Å²) in [5, 5.41) is 21.6. The first-order valence-electron chi connectivity index (χ1n) is 4.07. The number of carbonyl (C=O) groups excluding carboxylic acids is 2. The fourth-order valence-corrected chi connectivity index (χ4v) is 0.897. The summed E-state index contributed by atoms with van der Waals surface area (Å²) in [5.41, 5.74) is 0.213. The van der Waals surface area contributed by atoms with Crippen LogP contribution in [0.2, 0.25) is 0 Å². The number of rotatable bonds is 3. The van der Waals surface area contributed by atoms with E-state index < -0.39 is 11.9 Å². The Morgan fingerprint density at radius 1 is 1.25 bits per heavy atom. The van der Waals surface area contributed by atoms with Crippen LogP contribution in [0.4, 0.5) is 5.69 Å². The zero-order valence-corrected chi connectivity index (χ0v) is 10.6. The molecule has 6 heteroatoms. The maximum Gasteiger partial charge on any atom is 1.00 e. The van der Waals surface area contributed by atoms with Crippen LogP contribution in [-0.2, 0) is 9.59 Å². The number of hydrogen-bond acceptors (Lipinski definition) is 4. The van der Waals surface area contributed by atoms with Crippen molar-refractivity contribution in [2.75, 3.05) is 5.32 Å². The van der Waals surface area contributed by atoms with Crippen LogP contribution >= 0.6 is 0 Å². The number of carboxylic acids is 1. The molecule has 0 heterocycles. The van der Waals surface area contributed by atoms with Crippen molar-refractivity contribution in [1.82, 2.24) is 0 Å². The maximum atomic E-state index is 11.1. The number of para-hydroxylation sites is 2. The molecular formula is C10H8NNaO4. The van der Waals surface area contributed by atoms with E-state index >= 15 is 0 Å². The second-order valence-corrected chi connectivity index (χ2v) is 2.66. The standard InChI is InChI=1S/C10H9NO4.Na/c12-8-4-2-1-3-7(8)11-9(13)5-6-10(14)15;/h1-6,12H,(H,11,13)(H,14,15);/q;+1/p-1. The molecule has 0 aliphatic carbocycles. The summed E-state index contributed by atoms with van der Waals surface area (Å²) in [7, 11) is 0. The molecule has 0 bridgehead atoms. The Morgan fingerprint density at radius 2 is 1.88 bits per heavy atom. The number of nitrogens with one attached hydrogen (secondary N) is 1. The number of carboxylic acid groups (broad SMARTS) is 1. The SMILES string of the molecule is O=C([O-])C=CC(=O)Nc1ccccc1O.[Na+]. The van der Waals surface area contributed by atoms with Crippen LogP contribution in [0.3, 0.4) is 0 Å². The molecule has 0 aliphatic rings. The first-order valence-corrected chi connectivity index (χ1v) is 4.07. The molecule has 0 radical (unpaired) electrons. The zero-order valence-electron chi connectivity index (χ0n) is 8.64. The third-order valence-corrected chi connectivity index (χ3v) is 1.53. The topological polar surface area (TPSA) is 89.5 Å². The Balaban J connectivity index is 0.00000225.